The summed E-state index contributed by atoms with van der Waals surface area (Å²) in [6.07, 6.45) is 3.17. The fraction of sp³-hybridized carbons (Fsp3) is 0.533. The second kappa shape index (κ2) is 9.72. The predicted molar refractivity (Wildman–Crippen MR) is 81.8 cm³/mol. The van der Waals surface area contributed by atoms with Crippen molar-refractivity contribution in [2.45, 2.75) is 39.5 Å². The van der Waals surface area contributed by atoms with Gasteiger partial charge in [-0.05, 0) is 25.0 Å². The van der Waals surface area contributed by atoms with Crippen LogP contribution in [0.5, 0.6) is 5.75 Å². The molecule has 0 spiro atoms. The minimum atomic E-state index is -3.90. The largest absolute Gasteiger partial charge is 0.438 e. The van der Waals surface area contributed by atoms with Crippen LogP contribution < -0.4 is 4.74 Å². The SMILES string of the molecule is CCCCOP(=O)(OCCCC)C(=O)Oc1ccccc1. The van der Waals surface area contributed by atoms with Gasteiger partial charge in [0, 0.05) is 0 Å². The van der Waals surface area contributed by atoms with Crippen LogP contribution in [0.1, 0.15) is 39.5 Å². The van der Waals surface area contributed by atoms with Crippen LogP contribution in [-0.4, -0.2) is 18.9 Å². The fourth-order valence-electron chi connectivity index (χ4n) is 1.45. The molecule has 0 atom stereocenters. The average molecular weight is 314 g/mol. The van der Waals surface area contributed by atoms with Crippen molar-refractivity contribution in [3.05, 3.63) is 30.3 Å². The second-order valence-corrected chi connectivity index (χ2v) is 6.43. The van der Waals surface area contributed by atoms with E-state index in [1.807, 2.05) is 13.8 Å². The van der Waals surface area contributed by atoms with E-state index in [9.17, 15) is 9.36 Å². The zero-order valence-electron chi connectivity index (χ0n) is 12.6. The molecule has 0 aromatic heterocycles. The van der Waals surface area contributed by atoms with Crippen LogP contribution in [0.3, 0.4) is 0 Å². The van der Waals surface area contributed by atoms with Crippen LogP contribution >= 0.6 is 7.60 Å². The Morgan fingerprint density at radius 2 is 1.52 bits per heavy atom. The molecule has 118 valence electrons. The molecule has 0 bridgehead atoms. The highest BCUT2D eigenvalue weighted by Gasteiger charge is 2.37. The van der Waals surface area contributed by atoms with Crippen molar-refractivity contribution in [2.24, 2.45) is 0 Å². The molecule has 0 heterocycles. The van der Waals surface area contributed by atoms with E-state index in [4.69, 9.17) is 13.8 Å². The molecular weight excluding hydrogens is 291 g/mol. The number of hydrogen-bond donors (Lipinski definition) is 0. The maximum atomic E-state index is 12.5. The van der Waals surface area contributed by atoms with Gasteiger partial charge in [0.05, 0.1) is 13.2 Å². The third kappa shape index (κ3) is 6.42. The standard InChI is InChI=1S/C15H23O5P/c1-3-5-12-18-21(17,19-13-6-4-2)15(16)20-14-10-8-7-9-11-14/h7-11H,3-6,12-13H2,1-2H3. The molecule has 0 N–H and O–H groups in total. The first-order valence-corrected chi connectivity index (χ1v) is 8.83. The summed E-state index contributed by atoms with van der Waals surface area (Å²) in [5.74, 6) is 0.320. The Bertz CT molecular complexity index is 446. The highest BCUT2D eigenvalue weighted by molar-refractivity contribution is 7.71. The lowest BCUT2D eigenvalue weighted by Crippen LogP contribution is -2.13. The smallest absolute Gasteiger partial charge is 0.417 e. The van der Waals surface area contributed by atoms with Crippen LogP contribution in [0.15, 0.2) is 30.3 Å². The van der Waals surface area contributed by atoms with E-state index >= 15 is 0 Å². The van der Waals surface area contributed by atoms with Gasteiger partial charge in [-0.2, -0.15) is 0 Å². The monoisotopic (exact) mass is 314 g/mol. The first-order valence-electron chi connectivity index (χ1n) is 7.29. The normalized spacial score (nSPS) is 11.3. The third-order valence-corrected chi connectivity index (χ3v) is 4.27. The summed E-state index contributed by atoms with van der Waals surface area (Å²) in [6.45, 7) is 4.39. The van der Waals surface area contributed by atoms with Crippen molar-refractivity contribution in [1.82, 2.24) is 0 Å². The molecule has 5 nitrogen and oxygen atoms in total. The number of benzene rings is 1. The molecule has 6 heteroatoms. The number of unbranched alkanes of at least 4 members (excludes halogenated alkanes) is 2. The molecule has 21 heavy (non-hydrogen) atoms. The lowest BCUT2D eigenvalue weighted by Gasteiger charge is -2.16. The van der Waals surface area contributed by atoms with Gasteiger partial charge in [-0.25, -0.2) is 9.36 Å². The Labute approximate surface area is 126 Å². The van der Waals surface area contributed by atoms with Crippen LogP contribution in [0.25, 0.3) is 0 Å². The second-order valence-electron chi connectivity index (χ2n) is 4.55. The maximum absolute atomic E-state index is 12.5. The Kier molecular flexibility index (Phi) is 8.28. The molecule has 0 unspecified atom stereocenters. The van der Waals surface area contributed by atoms with E-state index in [-0.39, 0.29) is 13.2 Å². The fourth-order valence-corrected chi connectivity index (χ4v) is 2.69. The van der Waals surface area contributed by atoms with Gasteiger partial charge in [-0.3, -0.25) is 0 Å². The summed E-state index contributed by atoms with van der Waals surface area (Å²) in [6, 6.07) is 8.47. The van der Waals surface area contributed by atoms with Crippen molar-refractivity contribution >= 4 is 13.3 Å². The van der Waals surface area contributed by atoms with E-state index < -0.39 is 13.3 Å². The summed E-state index contributed by atoms with van der Waals surface area (Å²) in [4.78, 5) is 12.1. The van der Waals surface area contributed by atoms with Gasteiger partial charge < -0.3 is 13.8 Å². The quantitative estimate of drug-likeness (QED) is 0.448. The first-order chi connectivity index (χ1) is 10.1. The number of rotatable bonds is 10. The van der Waals surface area contributed by atoms with Crippen molar-refractivity contribution in [1.29, 1.82) is 0 Å². The van der Waals surface area contributed by atoms with Crippen molar-refractivity contribution < 1.29 is 23.1 Å². The molecule has 0 aliphatic carbocycles. The zero-order valence-corrected chi connectivity index (χ0v) is 13.5. The van der Waals surface area contributed by atoms with Gasteiger partial charge in [0.15, 0.2) is 0 Å². The minimum absolute atomic E-state index is 0.212. The topological polar surface area (TPSA) is 61.8 Å². The van der Waals surface area contributed by atoms with Gasteiger partial charge in [-0.15, -0.1) is 0 Å². The highest BCUT2D eigenvalue weighted by Crippen LogP contribution is 2.50. The summed E-state index contributed by atoms with van der Waals surface area (Å²) in [7, 11) is -3.90. The maximum Gasteiger partial charge on any atom is 0.438 e. The molecule has 0 aliphatic heterocycles. The van der Waals surface area contributed by atoms with E-state index in [0.29, 0.717) is 18.6 Å². The zero-order chi connectivity index (χ0) is 15.6. The molecule has 1 aromatic rings. The number of carbonyl (C=O) groups is 1. The molecule has 0 saturated carbocycles. The lowest BCUT2D eigenvalue weighted by molar-refractivity contribution is 0.176. The summed E-state index contributed by atoms with van der Waals surface area (Å²) >= 11 is 0. The van der Waals surface area contributed by atoms with Crippen LogP contribution in [0.4, 0.5) is 4.79 Å². The molecule has 0 fully saturated rings. The molecule has 0 saturated heterocycles. The van der Waals surface area contributed by atoms with Gasteiger partial charge in [-0.1, -0.05) is 44.9 Å². The van der Waals surface area contributed by atoms with Gasteiger partial charge in [0.25, 0.3) is 0 Å². The number of carbonyl (C=O) groups excluding carboxylic acids is 1. The molecule has 0 amide bonds. The van der Waals surface area contributed by atoms with E-state index in [0.717, 1.165) is 12.8 Å². The molecule has 0 aliphatic rings. The molecule has 0 radical (unpaired) electrons. The van der Waals surface area contributed by atoms with Crippen molar-refractivity contribution in [3.63, 3.8) is 0 Å². The van der Waals surface area contributed by atoms with Gasteiger partial charge in [0.2, 0.25) is 0 Å². The highest BCUT2D eigenvalue weighted by atomic mass is 31.2. The molecule has 1 rings (SSSR count). The Morgan fingerprint density at radius 3 is 2.00 bits per heavy atom. The predicted octanol–water partition coefficient (Wildman–Crippen LogP) is 5.01. The van der Waals surface area contributed by atoms with Gasteiger partial charge in [0.1, 0.15) is 5.75 Å². The number of ether oxygens (including phenoxy) is 1. The van der Waals surface area contributed by atoms with Crippen molar-refractivity contribution in [3.8, 4) is 5.75 Å². The van der Waals surface area contributed by atoms with E-state index in [2.05, 4.69) is 0 Å². The van der Waals surface area contributed by atoms with Crippen LogP contribution in [0, 0.1) is 0 Å². The lowest BCUT2D eigenvalue weighted by atomic mass is 10.3. The third-order valence-electron chi connectivity index (χ3n) is 2.69. The average Bonchev–Trinajstić information content (AvgIpc) is 2.49. The van der Waals surface area contributed by atoms with E-state index in [1.165, 1.54) is 0 Å². The van der Waals surface area contributed by atoms with Gasteiger partial charge >= 0.3 is 13.3 Å². The Morgan fingerprint density at radius 1 is 1.00 bits per heavy atom. The van der Waals surface area contributed by atoms with Crippen LogP contribution in [0.2, 0.25) is 0 Å². The van der Waals surface area contributed by atoms with Crippen LogP contribution in [-0.2, 0) is 13.6 Å². The Balaban J connectivity index is 2.69. The van der Waals surface area contributed by atoms with Crippen molar-refractivity contribution in [2.75, 3.05) is 13.2 Å². The summed E-state index contributed by atoms with van der Waals surface area (Å²) < 4.78 is 28.1. The number of para-hydroxylation sites is 1. The first kappa shape index (κ1) is 17.9. The summed E-state index contributed by atoms with van der Waals surface area (Å²) in [5.41, 5.74) is -0.957. The summed E-state index contributed by atoms with van der Waals surface area (Å²) in [5, 5.41) is 0. The minimum Gasteiger partial charge on any atom is -0.417 e. The number of hydrogen-bond acceptors (Lipinski definition) is 5. The Hall–Kier alpha value is -1.16. The molecule has 1 aromatic carbocycles. The molecular formula is C15H23O5P. The van der Waals surface area contributed by atoms with E-state index in [1.54, 1.807) is 30.3 Å².